The molecule has 4 nitrogen and oxygen atoms in total. The number of hydrogen-bond acceptors (Lipinski definition) is 3. The molecule has 1 amide bonds. The van der Waals surface area contributed by atoms with E-state index in [-0.39, 0.29) is 18.3 Å². The summed E-state index contributed by atoms with van der Waals surface area (Å²) >= 11 is 0. The van der Waals surface area contributed by atoms with Crippen LogP contribution in [0.25, 0.3) is 0 Å². The molecule has 0 heterocycles. The molecule has 23 heavy (non-hydrogen) atoms. The Bertz CT molecular complexity index is 629. The lowest BCUT2D eigenvalue weighted by Crippen LogP contribution is -2.31. The van der Waals surface area contributed by atoms with Crippen LogP contribution in [0.15, 0.2) is 48.5 Å². The maximum Gasteiger partial charge on any atom is 0.255 e. The fourth-order valence-corrected chi connectivity index (χ4v) is 2.06. The van der Waals surface area contributed by atoms with Crippen molar-refractivity contribution in [2.24, 2.45) is 0 Å². The highest BCUT2D eigenvalue weighted by Crippen LogP contribution is 2.19. The van der Waals surface area contributed by atoms with Crippen LogP contribution in [0.5, 0.6) is 5.75 Å². The molecule has 5 heteroatoms. The van der Waals surface area contributed by atoms with E-state index in [1.165, 1.54) is 12.1 Å². The van der Waals surface area contributed by atoms with Crippen LogP contribution >= 0.6 is 0 Å². The van der Waals surface area contributed by atoms with Crippen LogP contribution in [0.2, 0.25) is 0 Å². The molecule has 2 aromatic carbocycles. The van der Waals surface area contributed by atoms with Gasteiger partial charge < -0.3 is 15.4 Å². The van der Waals surface area contributed by atoms with Crippen molar-refractivity contribution in [2.45, 2.75) is 13.5 Å². The molecular formula is C18H21FN2O2. The van der Waals surface area contributed by atoms with Gasteiger partial charge in [0.05, 0.1) is 5.56 Å². The number of ether oxygens (including phenoxy) is 1. The van der Waals surface area contributed by atoms with Gasteiger partial charge in [-0.25, -0.2) is 4.39 Å². The summed E-state index contributed by atoms with van der Waals surface area (Å²) < 4.78 is 18.6. The minimum atomic E-state index is -0.283. The van der Waals surface area contributed by atoms with E-state index in [0.717, 1.165) is 18.7 Å². The van der Waals surface area contributed by atoms with E-state index in [4.69, 9.17) is 4.74 Å². The van der Waals surface area contributed by atoms with Gasteiger partial charge in [-0.2, -0.15) is 0 Å². The van der Waals surface area contributed by atoms with E-state index in [2.05, 4.69) is 10.6 Å². The molecule has 0 bridgehead atoms. The fraction of sp³-hybridized carbons (Fsp3) is 0.278. The van der Waals surface area contributed by atoms with E-state index >= 15 is 0 Å². The molecular weight excluding hydrogens is 295 g/mol. The van der Waals surface area contributed by atoms with E-state index in [1.807, 2.05) is 13.0 Å². The van der Waals surface area contributed by atoms with E-state index < -0.39 is 0 Å². The summed E-state index contributed by atoms with van der Waals surface area (Å²) in [5.74, 6) is 0.0598. The first-order valence-electron chi connectivity index (χ1n) is 7.66. The Morgan fingerprint density at radius 2 is 1.83 bits per heavy atom. The first-order valence-corrected chi connectivity index (χ1v) is 7.66. The average Bonchev–Trinajstić information content (AvgIpc) is 2.58. The second-order valence-corrected chi connectivity index (χ2v) is 5.02. The van der Waals surface area contributed by atoms with Crippen molar-refractivity contribution in [1.29, 1.82) is 0 Å². The number of benzene rings is 2. The van der Waals surface area contributed by atoms with Gasteiger partial charge in [0.25, 0.3) is 5.91 Å². The van der Waals surface area contributed by atoms with Crippen molar-refractivity contribution in [1.82, 2.24) is 10.6 Å². The SMILES string of the molecule is CCNCCNC(=O)c1ccccc1OCc1ccc(F)cc1. The summed E-state index contributed by atoms with van der Waals surface area (Å²) in [6, 6.07) is 13.2. The second-order valence-electron chi connectivity index (χ2n) is 5.02. The molecule has 0 aliphatic heterocycles. The quantitative estimate of drug-likeness (QED) is 0.736. The van der Waals surface area contributed by atoms with Gasteiger partial charge in [-0.3, -0.25) is 4.79 Å². The minimum absolute atomic E-state index is 0.169. The Morgan fingerprint density at radius 3 is 2.57 bits per heavy atom. The Balaban J connectivity index is 1.96. The zero-order valence-electron chi connectivity index (χ0n) is 13.1. The van der Waals surface area contributed by atoms with Gasteiger partial charge >= 0.3 is 0 Å². The number of amides is 1. The lowest BCUT2D eigenvalue weighted by molar-refractivity contribution is 0.0949. The van der Waals surface area contributed by atoms with Crippen molar-refractivity contribution in [3.63, 3.8) is 0 Å². The second kappa shape index (κ2) is 8.90. The third-order valence-electron chi connectivity index (χ3n) is 3.28. The predicted molar refractivity (Wildman–Crippen MR) is 88.1 cm³/mol. The van der Waals surface area contributed by atoms with Gasteiger partial charge in [0.1, 0.15) is 18.2 Å². The largest absolute Gasteiger partial charge is 0.488 e. The van der Waals surface area contributed by atoms with Crippen LogP contribution in [0.3, 0.4) is 0 Å². The van der Waals surface area contributed by atoms with Crippen molar-refractivity contribution in [3.05, 3.63) is 65.5 Å². The molecule has 0 unspecified atom stereocenters. The molecule has 0 aromatic heterocycles. The lowest BCUT2D eigenvalue weighted by Gasteiger charge is -2.12. The van der Waals surface area contributed by atoms with Gasteiger partial charge in [0, 0.05) is 13.1 Å². The number of carbonyl (C=O) groups excluding carboxylic acids is 1. The molecule has 0 saturated carbocycles. The standard InChI is InChI=1S/C18H21FN2O2/c1-2-20-11-12-21-18(22)16-5-3-4-6-17(16)23-13-14-7-9-15(19)10-8-14/h3-10,20H,2,11-13H2,1H3,(H,21,22). The molecule has 0 atom stereocenters. The molecule has 0 aliphatic rings. The van der Waals surface area contributed by atoms with Crippen molar-refractivity contribution in [2.75, 3.05) is 19.6 Å². The summed E-state index contributed by atoms with van der Waals surface area (Å²) in [4.78, 5) is 12.2. The van der Waals surface area contributed by atoms with E-state index in [9.17, 15) is 9.18 Å². The van der Waals surface area contributed by atoms with Crippen LogP contribution in [0.4, 0.5) is 4.39 Å². The maximum atomic E-state index is 12.9. The summed E-state index contributed by atoms with van der Waals surface area (Å²) in [6.45, 7) is 4.44. The Hall–Kier alpha value is -2.40. The van der Waals surface area contributed by atoms with Gasteiger partial charge in [0.15, 0.2) is 0 Å². The number of halogens is 1. The number of carbonyl (C=O) groups is 1. The third-order valence-corrected chi connectivity index (χ3v) is 3.28. The van der Waals surface area contributed by atoms with Gasteiger partial charge in [-0.1, -0.05) is 31.2 Å². The number of rotatable bonds is 8. The lowest BCUT2D eigenvalue weighted by atomic mass is 10.2. The summed E-state index contributed by atoms with van der Waals surface area (Å²) in [5, 5.41) is 5.99. The summed E-state index contributed by atoms with van der Waals surface area (Å²) in [7, 11) is 0. The van der Waals surface area contributed by atoms with E-state index in [0.29, 0.717) is 17.9 Å². The molecule has 0 spiro atoms. The molecule has 0 radical (unpaired) electrons. The van der Waals surface area contributed by atoms with Gasteiger partial charge in [0.2, 0.25) is 0 Å². The maximum absolute atomic E-state index is 12.9. The van der Waals surface area contributed by atoms with Crippen molar-refractivity contribution >= 4 is 5.91 Å². The highest BCUT2D eigenvalue weighted by Gasteiger charge is 2.11. The third kappa shape index (κ3) is 5.38. The summed E-state index contributed by atoms with van der Waals surface area (Å²) in [5.41, 5.74) is 1.33. The molecule has 2 aromatic rings. The number of nitrogens with one attached hydrogen (secondary N) is 2. The monoisotopic (exact) mass is 316 g/mol. The minimum Gasteiger partial charge on any atom is -0.488 e. The summed E-state index contributed by atoms with van der Waals surface area (Å²) in [6.07, 6.45) is 0. The van der Waals surface area contributed by atoms with Crippen molar-refractivity contribution in [3.8, 4) is 5.75 Å². The van der Waals surface area contributed by atoms with Gasteiger partial charge in [-0.05, 0) is 36.4 Å². The van der Waals surface area contributed by atoms with Gasteiger partial charge in [-0.15, -0.1) is 0 Å². The molecule has 2 rings (SSSR count). The first kappa shape index (κ1) is 17.0. The van der Waals surface area contributed by atoms with Crippen LogP contribution in [-0.4, -0.2) is 25.5 Å². The molecule has 0 fully saturated rings. The fourth-order valence-electron chi connectivity index (χ4n) is 2.06. The number of para-hydroxylation sites is 1. The topological polar surface area (TPSA) is 50.4 Å². The zero-order valence-corrected chi connectivity index (χ0v) is 13.1. The molecule has 0 saturated heterocycles. The number of hydrogen-bond donors (Lipinski definition) is 2. The van der Waals surface area contributed by atoms with Crippen LogP contribution < -0.4 is 15.4 Å². The highest BCUT2D eigenvalue weighted by molar-refractivity contribution is 5.96. The molecule has 2 N–H and O–H groups in total. The normalized spacial score (nSPS) is 10.3. The smallest absolute Gasteiger partial charge is 0.255 e. The van der Waals surface area contributed by atoms with Crippen molar-refractivity contribution < 1.29 is 13.9 Å². The van der Waals surface area contributed by atoms with E-state index in [1.54, 1.807) is 30.3 Å². The average molecular weight is 316 g/mol. The highest BCUT2D eigenvalue weighted by atomic mass is 19.1. The predicted octanol–water partition coefficient (Wildman–Crippen LogP) is 2.74. The van der Waals surface area contributed by atoms with Crippen LogP contribution in [0.1, 0.15) is 22.8 Å². The van der Waals surface area contributed by atoms with Crippen LogP contribution in [0, 0.1) is 5.82 Å². The number of likely N-dealkylation sites (N-methyl/N-ethyl adjacent to an activating group) is 1. The van der Waals surface area contributed by atoms with Crippen LogP contribution in [-0.2, 0) is 6.61 Å². The Labute approximate surface area is 135 Å². The zero-order chi connectivity index (χ0) is 16.5. The first-order chi connectivity index (χ1) is 11.2. The molecule has 0 aliphatic carbocycles. The molecule has 122 valence electrons. The Morgan fingerprint density at radius 1 is 1.09 bits per heavy atom. The Kier molecular flexibility index (Phi) is 6.56.